The lowest BCUT2D eigenvalue weighted by Crippen LogP contribution is -2.40. The van der Waals surface area contributed by atoms with E-state index in [0.717, 1.165) is 26.2 Å². The van der Waals surface area contributed by atoms with Crippen molar-refractivity contribution >= 4 is 5.91 Å². The first-order valence-corrected chi connectivity index (χ1v) is 10.5. The van der Waals surface area contributed by atoms with Crippen LogP contribution in [0.3, 0.4) is 0 Å². The van der Waals surface area contributed by atoms with Crippen LogP contribution in [0.4, 0.5) is 0 Å². The molecule has 0 aliphatic carbocycles. The predicted octanol–water partition coefficient (Wildman–Crippen LogP) is 4.78. The molecule has 0 aromatic heterocycles. The quantitative estimate of drug-likeness (QED) is 0.722. The second kappa shape index (κ2) is 8.91. The Hall–Kier alpha value is -2.13. The van der Waals surface area contributed by atoms with E-state index in [-0.39, 0.29) is 11.9 Å². The van der Waals surface area contributed by atoms with Gasteiger partial charge in [0.15, 0.2) is 0 Å². The number of aryl methyl sites for hydroxylation is 2. The fourth-order valence-corrected chi connectivity index (χ4v) is 4.54. The summed E-state index contributed by atoms with van der Waals surface area (Å²) in [4.78, 5) is 16.8. The van der Waals surface area contributed by atoms with E-state index in [1.54, 1.807) is 6.92 Å². The molecular weight excluding hydrogens is 344 g/mol. The molecule has 0 saturated carbocycles. The lowest BCUT2D eigenvalue weighted by Gasteiger charge is -2.31. The van der Waals surface area contributed by atoms with Gasteiger partial charge in [-0.25, -0.2) is 0 Å². The molecule has 0 radical (unpaired) electrons. The number of carbonyl (C=O) groups is 1. The van der Waals surface area contributed by atoms with E-state index in [2.05, 4.69) is 81.1 Å². The molecular formula is C25H34N2O. The van der Waals surface area contributed by atoms with Crippen LogP contribution in [0.5, 0.6) is 0 Å². The van der Waals surface area contributed by atoms with Crippen LogP contribution in [0.1, 0.15) is 48.9 Å². The van der Waals surface area contributed by atoms with Crippen LogP contribution >= 0.6 is 0 Å². The Bertz CT molecular complexity index is 796. The highest BCUT2D eigenvalue weighted by molar-refractivity contribution is 5.73. The summed E-state index contributed by atoms with van der Waals surface area (Å²) in [6, 6.07) is 17.8. The topological polar surface area (TPSA) is 23.6 Å². The fraction of sp³-hybridized carbons (Fsp3) is 0.480. The van der Waals surface area contributed by atoms with Crippen molar-refractivity contribution in [3.63, 3.8) is 0 Å². The molecule has 0 bridgehead atoms. The summed E-state index contributed by atoms with van der Waals surface area (Å²) >= 11 is 0. The van der Waals surface area contributed by atoms with Crippen molar-refractivity contribution in [1.82, 2.24) is 9.80 Å². The average molecular weight is 379 g/mol. The van der Waals surface area contributed by atoms with Crippen molar-refractivity contribution in [3.8, 4) is 0 Å². The summed E-state index contributed by atoms with van der Waals surface area (Å²) < 4.78 is 0. The largest absolute Gasteiger partial charge is 0.340 e. The maximum absolute atomic E-state index is 12.2. The lowest BCUT2D eigenvalue weighted by molar-refractivity contribution is -0.131. The highest BCUT2D eigenvalue weighted by Crippen LogP contribution is 2.36. The lowest BCUT2D eigenvalue weighted by atomic mass is 9.86. The molecule has 1 fully saturated rings. The molecule has 150 valence electrons. The predicted molar refractivity (Wildman–Crippen MR) is 116 cm³/mol. The Morgan fingerprint density at radius 1 is 1.07 bits per heavy atom. The molecule has 1 aliphatic heterocycles. The van der Waals surface area contributed by atoms with Crippen molar-refractivity contribution in [2.45, 2.75) is 53.1 Å². The second-order valence-electron chi connectivity index (χ2n) is 8.67. The van der Waals surface area contributed by atoms with E-state index in [1.807, 2.05) is 4.90 Å². The van der Waals surface area contributed by atoms with Crippen LogP contribution in [0.15, 0.2) is 48.5 Å². The molecule has 2 atom stereocenters. The van der Waals surface area contributed by atoms with Gasteiger partial charge in [0.25, 0.3) is 0 Å². The number of likely N-dealkylation sites (tertiary alicyclic amines) is 1. The smallest absolute Gasteiger partial charge is 0.219 e. The number of benzene rings is 2. The van der Waals surface area contributed by atoms with Crippen molar-refractivity contribution in [2.75, 3.05) is 19.6 Å². The Balaban J connectivity index is 1.82. The molecule has 3 nitrogen and oxygen atoms in total. The molecule has 1 aliphatic rings. The molecule has 1 saturated heterocycles. The summed E-state index contributed by atoms with van der Waals surface area (Å²) in [5, 5.41) is 0. The number of amides is 1. The Kier molecular flexibility index (Phi) is 6.56. The third-order valence-electron chi connectivity index (χ3n) is 6.09. The summed E-state index contributed by atoms with van der Waals surface area (Å²) in [6.07, 6.45) is 0. The van der Waals surface area contributed by atoms with Gasteiger partial charge in [0.05, 0.1) is 0 Å². The van der Waals surface area contributed by atoms with Crippen molar-refractivity contribution in [1.29, 1.82) is 0 Å². The summed E-state index contributed by atoms with van der Waals surface area (Å²) in [6.45, 7) is 14.1. The zero-order valence-corrected chi connectivity index (χ0v) is 18.0. The number of hydrogen-bond acceptors (Lipinski definition) is 2. The molecule has 3 heteroatoms. The molecule has 1 heterocycles. The van der Waals surface area contributed by atoms with E-state index in [0.29, 0.717) is 11.8 Å². The summed E-state index contributed by atoms with van der Waals surface area (Å²) in [5.41, 5.74) is 5.46. The van der Waals surface area contributed by atoms with E-state index in [1.165, 1.54) is 22.3 Å². The zero-order chi connectivity index (χ0) is 20.3. The van der Waals surface area contributed by atoms with Crippen LogP contribution in [-0.2, 0) is 11.3 Å². The maximum atomic E-state index is 12.2. The molecule has 2 unspecified atom stereocenters. The van der Waals surface area contributed by atoms with Crippen LogP contribution in [-0.4, -0.2) is 41.4 Å². The van der Waals surface area contributed by atoms with E-state index >= 15 is 0 Å². The number of hydrogen-bond donors (Lipinski definition) is 0. The van der Waals surface area contributed by atoms with Gasteiger partial charge in [-0.05, 0) is 50.3 Å². The van der Waals surface area contributed by atoms with Gasteiger partial charge in [-0.3, -0.25) is 9.69 Å². The first-order valence-electron chi connectivity index (χ1n) is 10.5. The van der Waals surface area contributed by atoms with Crippen molar-refractivity contribution in [2.24, 2.45) is 5.92 Å². The van der Waals surface area contributed by atoms with Gasteiger partial charge in [0.2, 0.25) is 5.91 Å². The molecule has 0 spiro atoms. The highest BCUT2D eigenvalue weighted by Gasteiger charge is 2.36. The first kappa shape index (κ1) is 20.6. The fourth-order valence-electron chi connectivity index (χ4n) is 4.54. The van der Waals surface area contributed by atoms with Gasteiger partial charge in [-0.15, -0.1) is 0 Å². The van der Waals surface area contributed by atoms with Crippen molar-refractivity contribution in [3.05, 3.63) is 70.8 Å². The number of rotatable bonds is 6. The zero-order valence-electron chi connectivity index (χ0n) is 18.0. The molecule has 2 aromatic rings. The third kappa shape index (κ3) is 4.82. The average Bonchev–Trinajstić information content (AvgIpc) is 3.03. The summed E-state index contributed by atoms with van der Waals surface area (Å²) in [5.74, 6) is 1.10. The van der Waals surface area contributed by atoms with Gasteiger partial charge in [0, 0.05) is 45.1 Å². The SMILES string of the molecule is CC(=O)N(CC1CN(Cc2ccc(C)cc2)CC1c1ccccc1C)C(C)C. The molecule has 2 aromatic carbocycles. The van der Waals surface area contributed by atoms with E-state index in [9.17, 15) is 4.79 Å². The van der Waals surface area contributed by atoms with Gasteiger partial charge >= 0.3 is 0 Å². The van der Waals surface area contributed by atoms with Crippen LogP contribution in [0.25, 0.3) is 0 Å². The van der Waals surface area contributed by atoms with E-state index < -0.39 is 0 Å². The number of nitrogens with zero attached hydrogens (tertiary/aromatic N) is 2. The van der Waals surface area contributed by atoms with E-state index in [4.69, 9.17) is 0 Å². The molecule has 28 heavy (non-hydrogen) atoms. The monoisotopic (exact) mass is 378 g/mol. The standard InChI is InChI=1S/C25H34N2O/c1-18(2)27(21(5)28)16-23-15-26(14-22-12-10-19(3)11-13-22)17-25(23)24-9-7-6-8-20(24)4/h6-13,18,23,25H,14-17H2,1-5H3. The molecule has 0 N–H and O–H groups in total. The minimum absolute atomic E-state index is 0.176. The highest BCUT2D eigenvalue weighted by atomic mass is 16.2. The second-order valence-corrected chi connectivity index (χ2v) is 8.67. The van der Waals surface area contributed by atoms with Crippen molar-refractivity contribution < 1.29 is 4.79 Å². The normalized spacial score (nSPS) is 19.9. The Morgan fingerprint density at radius 3 is 2.36 bits per heavy atom. The summed E-state index contributed by atoms with van der Waals surface area (Å²) in [7, 11) is 0. The Morgan fingerprint density at radius 2 is 1.75 bits per heavy atom. The van der Waals surface area contributed by atoms with Gasteiger partial charge in [-0.1, -0.05) is 54.1 Å². The minimum Gasteiger partial charge on any atom is -0.340 e. The van der Waals surface area contributed by atoms with Gasteiger partial charge in [-0.2, -0.15) is 0 Å². The van der Waals surface area contributed by atoms with Gasteiger partial charge in [0.1, 0.15) is 0 Å². The first-order chi connectivity index (χ1) is 13.3. The molecule has 1 amide bonds. The third-order valence-corrected chi connectivity index (χ3v) is 6.09. The maximum Gasteiger partial charge on any atom is 0.219 e. The van der Waals surface area contributed by atoms with Gasteiger partial charge < -0.3 is 4.90 Å². The minimum atomic E-state index is 0.176. The Labute approximate surface area is 170 Å². The molecule has 3 rings (SSSR count). The van der Waals surface area contributed by atoms with Crippen LogP contribution in [0, 0.1) is 19.8 Å². The van der Waals surface area contributed by atoms with Crippen LogP contribution < -0.4 is 0 Å². The van der Waals surface area contributed by atoms with Crippen LogP contribution in [0.2, 0.25) is 0 Å². The number of carbonyl (C=O) groups excluding carboxylic acids is 1.